The molecule has 0 saturated carbocycles. The summed E-state index contributed by atoms with van der Waals surface area (Å²) in [5, 5.41) is 3.09. The minimum Gasteiger partial charge on any atom is -0.347 e. The number of H-pyrrole nitrogens is 1. The molecule has 134 valence electrons. The highest BCUT2D eigenvalue weighted by molar-refractivity contribution is 6.05. The molecule has 2 N–H and O–H groups in total. The first-order valence-electron chi connectivity index (χ1n) is 8.52. The number of nitrogens with one attached hydrogen (secondary N) is 2. The molecule has 8 nitrogen and oxygen atoms in total. The van der Waals surface area contributed by atoms with Gasteiger partial charge in [0.2, 0.25) is 5.91 Å². The second-order valence-corrected chi connectivity index (χ2v) is 6.57. The fourth-order valence-electron chi connectivity index (χ4n) is 3.60. The number of benzene rings is 1. The van der Waals surface area contributed by atoms with Gasteiger partial charge in [-0.3, -0.25) is 9.59 Å². The lowest BCUT2D eigenvalue weighted by Crippen LogP contribution is -2.51. The van der Waals surface area contributed by atoms with Crippen molar-refractivity contribution in [2.45, 2.75) is 24.9 Å². The quantitative estimate of drug-likeness (QED) is 0.744. The van der Waals surface area contributed by atoms with Gasteiger partial charge >= 0.3 is 0 Å². The Morgan fingerprint density at radius 2 is 2.15 bits per heavy atom. The number of nitrogens with zero attached hydrogens (tertiary/aromatic N) is 4. The van der Waals surface area contributed by atoms with Gasteiger partial charge in [-0.2, -0.15) is 0 Å². The number of aromatic nitrogens is 4. The summed E-state index contributed by atoms with van der Waals surface area (Å²) in [6, 6.07) is 4.93. The van der Waals surface area contributed by atoms with Crippen LogP contribution >= 0.6 is 0 Å². The molecular formula is C18H20N6O2. The molecule has 4 rings (SSSR count). The molecule has 8 heteroatoms. The Balaban J connectivity index is 1.65. The van der Waals surface area contributed by atoms with Crippen LogP contribution < -0.4 is 5.32 Å². The number of piperidine rings is 1. The number of likely N-dealkylation sites (N-methyl/N-ethyl adjacent to an activating group) is 1. The van der Waals surface area contributed by atoms with Crippen LogP contribution in [-0.4, -0.2) is 49.3 Å². The molecule has 1 aliphatic rings. The second kappa shape index (κ2) is 6.29. The van der Waals surface area contributed by atoms with Crippen LogP contribution in [0.25, 0.3) is 11.0 Å². The average Bonchev–Trinajstić information content (AvgIpc) is 3.27. The van der Waals surface area contributed by atoms with E-state index in [0.717, 1.165) is 11.3 Å². The standard InChI is InChI=1S/C18H20N6O2/c1-23-9-8-19-17(23)16-13(6-7-14(25)24(16)2)22-18(26)11-4-3-5-12-15(11)21-10-20-12/h3-5,8-10,13,16H,6-7H2,1-2H3,(H,20,21)(H,22,26)/t13-,16-/m1/s1. The van der Waals surface area contributed by atoms with E-state index >= 15 is 0 Å². The Bertz CT molecular complexity index is 975. The smallest absolute Gasteiger partial charge is 0.253 e. The maximum atomic E-state index is 12.9. The number of carbonyl (C=O) groups is 2. The van der Waals surface area contributed by atoms with Gasteiger partial charge < -0.3 is 19.8 Å². The van der Waals surface area contributed by atoms with E-state index < -0.39 is 0 Å². The van der Waals surface area contributed by atoms with E-state index in [1.54, 1.807) is 30.5 Å². The number of aromatic amines is 1. The first kappa shape index (κ1) is 16.3. The number of likely N-dealkylation sites (tertiary alicyclic amines) is 1. The van der Waals surface area contributed by atoms with Crippen LogP contribution in [0.15, 0.2) is 36.9 Å². The van der Waals surface area contributed by atoms with Crippen molar-refractivity contribution in [2.75, 3.05) is 7.05 Å². The van der Waals surface area contributed by atoms with Crippen LogP contribution in [0.1, 0.15) is 35.1 Å². The van der Waals surface area contributed by atoms with Gasteiger partial charge in [0.25, 0.3) is 5.91 Å². The van der Waals surface area contributed by atoms with Gasteiger partial charge in [-0.05, 0) is 18.6 Å². The predicted molar refractivity (Wildman–Crippen MR) is 95.3 cm³/mol. The Morgan fingerprint density at radius 3 is 2.92 bits per heavy atom. The van der Waals surface area contributed by atoms with Crippen LogP contribution in [0, 0.1) is 0 Å². The molecule has 26 heavy (non-hydrogen) atoms. The molecule has 1 fully saturated rings. The third-order valence-corrected chi connectivity index (χ3v) is 4.99. The summed E-state index contributed by atoms with van der Waals surface area (Å²) in [5.74, 6) is 0.608. The van der Waals surface area contributed by atoms with Gasteiger partial charge in [0.05, 0.1) is 23.4 Å². The summed E-state index contributed by atoms with van der Waals surface area (Å²) in [5.41, 5.74) is 1.97. The minimum absolute atomic E-state index is 0.0536. The monoisotopic (exact) mass is 352 g/mol. The van der Waals surface area contributed by atoms with Crippen LogP contribution in [0.2, 0.25) is 0 Å². The van der Waals surface area contributed by atoms with E-state index in [1.807, 2.05) is 29.9 Å². The number of hydrogen-bond acceptors (Lipinski definition) is 4. The highest BCUT2D eigenvalue weighted by atomic mass is 16.2. The molecule has 0 bridgehead atoms. The lowest BCUT2D eigenvalue weighted by Gasteiger charge is -2.38. The molecule has 0 spiro atoms. The summed E-state index contributed by atoms with van der Waals surface area (Å²) in [6.07, 6.45) is 6.08. The summed E-state index contributed by atoms with van der Waals surface area (Å²) in [4.78, 5) is 38.5. The summed E-state index contributed by atoms with van der Waals surface area (Å²) >= 11 is 0. The fourth-order valence-corrected chi connectivity index (χ4v) is 3.60. The van der Waals surface area contributed by atoms with Crippen molar-refractivity contribution in [1.82, 2.24) is 29.7 Å². The number of carbonyl (C=O) groups excluding carboxylic acids is 2. The molecule has 3 heterocycles. The number of amides is 2. The van der Waals surface area contributed by atoms with Crippen molar-refractivity contribution >= 4 is 22.8 Å². The molecule has 2 amide bonds. The molecule has 1 saturated heterocycles. The van der Waals surface area contributed by atoms with E-state index in [-0.39, 0.29) is 23.9 Å². The SMILES string of the molecule is CN1C(=O)CC[C@@H](NC(=O)c2cccc3[nH]cnc23)[C@@H]1c1nccn1C. The van der Waals surface area contributed by atoms with Crippen molar-refractivity contribution < 1.29 is 9.59 Å². The lowest BCUT2D eigenvalue weighted by molar-refractivity contribution is -0.136. The van der Waals surface area contributed by atoms with Gasteiger partial charge in [0.1, 0.15) is 17.4 Å². The average molecular weight is 352 g/mol. The molecule has 2 aromatic heterocycles. The first-order valence-corrected chi connectivity index (χ1v) is 8.52. The number of imidazole rings is 2. The topological polar surface area (TPSA) is 95.9 Å². The fraction of sp³-hybridized carbons (Fsp3) is 0.333. The van der Waals surface area contributed by atoms with Gasteiger partial charge in [0, 0.05) is 32.9 Å². The summed E-state index contributed by atoms with van der Waals surface area (Å²) < 4.78 is 1.88. The number of para-hydroxylation sites is 1. The summed E-state index contributed by atoms with van der Waals surface area (Å²) in [6.45, 7) is 0. The Morgan fingerprint density at radius 1 is 1.31 bits per heavy atom. The molecule has 0 radical (unpaired) electrons. The minimum atomic E-state index is -0.307. The Hall–Kier alpha value is -3.16. The zero-order chi connectivity index (χ0) is 18.3. The van der Waals surface area contributed by atoms with E-state index in [1.165, 1.54) is 0 Å². The Labute approximate surface area is 150 Å². The molecule has 1 aromatic carbocycles. The van der Waals surface area contributed by atoms with Crippen molar-refractivity contribution in [2.24, 2.45) is 7.05 Å². The maximum Gasteiger partial charge on any atom is 0.253 e. The van der Waals surface area contributed by atoms with Crippen LogP contribution in [0.5, 0.6) is 0 Å². The maximum absolute atomic E-state index is 12.9. The zero-order valence-corrected chi connectivity index (χ0v) is 14.6. The summed E-state index contributed by atoms with van der Waals surface area (Å²) in [7, 11) is 3.65. The highest BCUT2D eigenvalue weighted by Crippen LogP contribution is 2.30. The largest absolute Gasteiger partial charge is 0.347 e. The van der Waals surface area contributed by atoms with Crippen molar-refractivity contribution in [3.05, 3.63) is 48.3 Å². The number of fused-ring (bicyclic) bond motifs is 1. The van der Waals surface area contributed by atoms with Gasteiger partial charge in [-0.25, -0.2) is 9.97 Å². The van der Waals surface area contributed by atoms with E-state index in [4.69, 9.17) is 0 Å². The van der Waals surface area contributed by atoms with E-state index in [9.17, 15) is 9.59 Å². The zero-order valence-electron chi connectivity index (χ0n) is 14.6. The van der Waals surface area contributed by atoms with E-state index in [2.05, 4.69) is 20.3 Å². The second-order valence-electron chi connectivity index (χ2n) is 6.57. The van der Waals surface area contributed by atoms with Gasteiger partial charge in [-0.15, -0.1) is 0 Å². The van der Waals surface area contributed by atoms with Crippen molar-refractivity contribution in [1.29, 1.82) is 0 Å². The number of hydrogen-bond donors (Lipinski definition) is 2. The molecule has 2 atom stereocenters. The third-order valence-electron chi connectivity index (χ3n) is 4.99. The van der Waals surface area contributed by atoms with Crippen molar-refractivity contribution in [3.63, 3.8) is 0 Å². The number of rotatable bonds is 3. The first-order chi connectivity index (χ1) is 12.6. The molecule has 0 unspecified atom stereocenters. The third kappa shape index (κ3) is 2.63. The van der Waals surface area contributed by atoms with E-state index in [0.29, 0.717) is 23.9 Å². The van der Waals surface area contributed by atoms with Crippen LogP contribution in [-0.2, 0) is 11.8 Å². The van der Waals surface area contributed by atoms with Crippen molar-refractivity contribution in [3.8, 4) is 0 Å². The molecule has 1 aliphatic heterocycles. The van der Waals surface area contributed by atoms with Crippen LogP contribution in [0.4, 0.5) is 0 Å². The molecule has 3 aromatic rings. The Kier molecular flexibility index (Phi) is 3.95. The normalized spacial score (nSPS) is 20.5. The lowest BCUT2D eigenvalue weighted by atomic mass is 9.94. The molecular weight excluding hydrogens is 332 g/mol. The van der Waals surface area contributed by atoms with Crippen LogP contribution in [0.3, 0.4) is 0 Å². The predicted octanol–water partition coefficient (Wildman–Crippen LogP) is 1.39. The van der Waals surface area contributed by atoms with Gasteiger partial charge in [0.15, 0.2) is 0 Å². The highest BCUT2D eigenvalue weighted by Gasteiger charge is 2.38. The van der Waals surface area contributed by atoms with Gasteiger partial charge in [-0.1, -0.05) is 6.07 Å². The molecule has 0 aliphatic carbocycles. The number of aryl methyl sites for hydroxylation is 1.